The van der Waals surface area contributed by atoms with Crippen molar-refractivity contribution in [1.29, 1.82) is 0 Å². The van der Waals surface area contributed by atoms with Gasteiger partial charge >= 0.3 is 0 Å². The molecule has 2 rings (SSSR count). The molecule has 1 aromatic rings. The second-order valence-electron chi connectivity index (χ2n) is 4.99. The SMILES string of the molecule is CCN(C)c1nc(N)c(C(=O)NCC2CCSCC2)s1. The van der Waals surface area contributed by atoms with Crippen LogP contribution in [0.4, 0.5) is 10.9 Å². The lowest BCUT2D eigenvalue weighted by Gasteiger charge is -2.21. The third kappa shape index (κ3) is 3.79. The van der Waals surface area contributed by atoms with Gasteiger partial charge in [-0.1, -0.05) is 11.3 Å². The van der Waals surface area contributed by atoms with Crippen molar-refractivity contribution in [3.63, 3.8) is 0 Å². The number of anilines is 2. The maximum absolute atomic E-state index is 12.2. The summed E-state index contributed by atoms with van der Waals surface area (Å²) in [5.74, 6) is 3.26. The average molecular weight is 314 g/mol. The van der Waals surface area contributed by atoms with E-state index >= 15 is 0 Å². The third-order valence-corrected chi connectivity index (χ3v) is 5.77. The standard InChI is InChI=1S/C13H22N4OS2/c1-3-17(2)13-16-11(14)10(20-13)12(18)15-8-9-4-6-19-7-5-9/h9H,3-8,14H2,1-2H3,(H,15,18). The summed E-state index contributed by atoms with van der Waals surface area (Å²) in [7, 11) is 1.94. The molecule has 2 heterocycles. The van der Waals surface area contributed by atoms with E-state index in [0.717, 1.165) is 18.2 Å². The molecule has 0 spiro atoms. The first-order chi connectivity index (χ1) is 9.61. The fraction of sp³-hybridized carbons (Fsp3) is 0.692. The lowest BCUT2D eigenvalue weighted by molar-refractivity contribution is 0.0951. The number of nitrogens with zero attached hydrogens (tertiary/aromatic N) is 2. The van der Waals surface area contributed by atoms with Gasteiger partial charge in [0.25, 0.3) is 5.91 Å². The Morgan fingerprint density at radius 1 is 1.50 bits per heavy atom. The predicted molar refractivity (Wildman–Crippen MR) is 87.9 cm³/mol. The highest BCUT2D eigenvalue weighted by atomic mass is 32.2. The minimum Gasteiger partial charge on any atom is -0.382 e. The van der Waals surface area contributed by atoms with E-state index in [1.807, 2.05) is 30.6 Å². The second-order valence-corrected chi connectivity index (χ2v) is 7.19. The first kappa shape index (κ1) is 15.4. The quantitative estimate of drug-likeness (QED) is 0.870. The van der Waals surface area contributed by atoms with Gasteiger partial charge in [-0.2, -0.15) is 11.8 Å². The molecule has 0 aliphatic carbocycles. The Kier molecular flexibility index (Phi) is 5.54. The maximum Gasteiger partial charge on any atom is 0.265 e. The van der Waals surface area contributed by atoms with Crippen LogP contribution >= 0.6 is 23.1 Å². The number of rotatable bonds is 5. The summed E-state index contributed by atoms with van der Waals surface area (Å²) in [5.41, 5.74) is 5.85. The molecule has 7 heteroatoms. The molecule has 1 aromatic heterocycles. The Morgan fingerprint density at radius 2 is 2.20 bits per heavy atom. The highest BCUT2D eigenvalue weighted by Gasteiger charge is 2.19. The van der Waals surface area contributed by atoms with Crippen LogP contribution in [-0.4, -0.2) is 42.5 Å². The molecule has 0 atom stereocenters. The summed E-state index contributed by atoms with van der Waals surface area (Å²) in [6.45, 7) is 3.63. The minimum absolute atomic E-state index is 0.0889. The number of aromatic nitrogens is 1. The summed E-state index contributed by atoms with van der Waals surface area (Å²) in [6.07, 6.45) is 2.37. The van der Waals surface area contributed by atoms with Crippen molar-refractivity contribution in [3.05, 3.63) is 4.88 Å². The van der Waals surface area contributed by atoms with Gasteiger partial charge in [-0.05, 0) is 37.2 Å². The molecule has 112 valence electrons. The number of hydrogen-bond acceptors (Lipinski definition) is 6. The number of amides is 1. The molecule has 1 fully saturated rings. The summed E-state index contributed by atoms with van der Waals surface area (Å²) < 4.78 is 0. The number of carbonyl (C=O) groups is 1. The lowest BCUT2D eigenvalue weighted by Crippen LogP contribution is -2.30. The van der Waals surface area contributed by atoms with E-state index < -0.39 is 0 Å². The second kappa shape index (κ2) is 7.17. The summed E-state index contributed by atoms with van der Waals surface area (Å²) >= 11 is 3.36. The Morgan fingerprint density at radius 3 is 2.85 bits per heavy atom. The van der Waals surface area contributed by atoms with Gasteiger partial charge in [0.2, 0.25) is 0 Å². The third-order valence-electron chi connectivity index (χ3n) is 3.54. The summed E-state index contributed by atoms with van der Waals surface area (Å²) in [5, 5.41) is 3.80. The average Bonchev–Trinajstić information content (AvgIpc) is 2.87. The van der Waals surface area contributed by atoms with Crippen LogP contribution in [0, 0.1) is 5.92 Å². The van der Waals surface area contributed by atoms with Crippen LogP contribution in [0.2, 0.25) is 0 Å². The van der Waals surface area contributed by atoms with Gasteiger partial charge < -0.3 is 16.0 Å². The molecule has 1 aliphatic rings. The number of thiazole rings is 1. The zero-order valence-electron chi connectivity index (χ0n) is 12.0. The van der Waals surface area contributed by atoms with E-state index in [0.29, 0.717) is 16.6 Å². The van der Waals surface area contributed by atoms with Crippen molar-refractivity contribution in [2.45, 2.75) is 19.8 Å². The van der Waals surface area contributed by atoms with Crippen molar-refractivity contribution in [1.82, 2.24) is 10.3 Å². The van der Waals surface area contributed by atoms with Crippen LogP contribution in [0.5, 0.6) is 0 Å². The smallest absolute Gasteiger partial charge is 0.265 e. The molecule has 1 amide bonds. The fourth-order valence-corrected chi connectivity index (χ4v) is 4.18. The Bertz CT molecular complexity index is 457. The summed E-state index contributed by atoms with van der Waals surface area (Å²) in [4.78, 5) is 19.0. The highest BCUT2D eigenvalue weighted by Crippen LogP contribution is 2.27. The Balaban J connectivity index is 1.93. The van der Waals surface area contributed by atoms with Crippen LogP contribution in [0.25, 0.3) is 0 Å². The topological polar surface area (TPSA) is 71.2 Å². The molecular formula is C13H22N4OS2. The van der Waals surface area contributed by atoms with Gasteiger partial charge in [0, 0.05) is 20.1 Å². The van der Waals surface area contributed by atoms with Crippen molar-refractivity contribution >= 4 is 40.0 Å². The molecule has 5 nitrogen and oxygen atoms in total. The monoisotopic (exact) mass is 314 g/mol. The molecule has 0 radical (unpaired) electrons. The molecule has 0 bridgehead atoms. The largest absolute Gasteiger partial charge is 0.382 e. The van der Waals surface area contributed by atoms with Crippen molar-refractivity contribution in [2.24, 2.45) is 5.92 Å². The van der Waals surface area contributed by atoms with Gasteiger partial charge in [0.15, 0.2) is 5.13 Å². The van der Waals surface area contributed by atoms with E-state index in [4.69, 9.17) is 5.73 Å². The van der Waals surface area contributed by atoms with Crippen LogP contribution in [0.3, 0.4) is 0 Å². The first-order valence-electron chi connectivity index (χ1n) is 6.95. The number of carbonyl (C=O) groups excluding carboxylic acids is 1. The molecule has 1 saturated heterocycles. The van der Waals surface area contributed by atoms with E-state index in [1.54, 1.807) is 0 Å². The van der Waals surface area contributed by atoms with Crippen molar-refractivity contribution in [2.75, 3.05) is 42.3 Å². The van der Waals surface area contributed by atoms with Crippen LogP contribution in [-0.2, 0) is 0 Å². The summed E-state index contributed by atoms with van der Waals surface area (Å²) in [6, 6.07) is 0. The lowest BCUT2D eigenvalue weighted by atomic mass is 10.0. The molecule has 0 saturated carbocycles. The van der Waals surface area contributed by atoms with E-state index in [2.05, 4.69) is 10.3 Å². The zero-order valence-corrected chi connectivity index (χ0v) is 13.6. The van der Waals surface area contributed by atoms with Crippen LogP contribution in [0.1, 0.15) is 29.4 Å². The number of nitrogens with one attached hydrogen (secondary N) is 1. The normalized spacial score (nSPS) is 16.1. The zero-order chi connectivity index (χ0) is 14.5. The van der Waals surface area contributed by atoms with Crippen molar-refractivity contribution < 1.29 is 4.79 Å². The van der Waals surface area contributed by atoms with Gasteiger partial charge in [-0.25, -0.2) is 4.98 Å². The molecule has 1 aliphatic heterocycles. The molecule has 3 N–H and O–H groups in total. The van der Waals surface area contributed by atoms with Crippen LogP contribution < -0.4 is 16.0 Å². The number of hydrogen-bond donors (Lipinski definition) is 2. The van der Waals surface area contributed by atoms with Crippen LogP contribution in [0.15, 0.2) is 0 Å². The fourth-order valence-electron chi connectivity index (χ4n) is 2.05. The number of nitrogen functional groups attached to an aromatic ring is 1. The van der Waals surface area contributed by atoms with Gasteiger partial charge in [0.05, 0.1) is 0 Å². The molecule has 20 heavy (non-hydrogen) atoms. The first-order valence-corrected chi connectivity index (χ1v) is 8.92. The van der Waals surface area contributed by atoms with Gasteiger partial charge in [-0.15, -0.1) is 0 Å². The van der Waals surface area contributed by atoms with Gasteiger partial charge in [-0.3, -0.25) is 4.79 Å². The predicted octanol–water partition coefficient (Wildman–Crippen LogP) is 2.05. The molecule has 0 aromatic carbocycles. The van der Waals surface area contributed by atoms with Gasteiger partial charge in [0.1, 0.15) is 10.7 Å². The van der Waals surface area contributed by atoms with E-state index in [-0.39, 0.29) is 5.91 Å². The molecule has 0 unspecified atom stereocenters. The minimum atomic E-state index is -0.0889. The number of thioether (sulfide) groups is 1. The Labute approximate surface area is 128 Å². The highest BCUT2D eigenvalue weighted by molar-refractivity contribution is 7.99. The molecular weight excluding hydrogens is 292 g/mol. The van der Waals surface area contributed by atoms with E-state index in [9.17, 15) is 4.79 Å². The van der Waals surface area contributed by atoms with E-state index in [1.165, 1.54) is 35.7 Å². The number of nitrogens with two attached hydrogens (primary N) is 1. The van der Waals surface area contributed by atoms with Crippen molar-refractivity contribution in [3.8, 4) is 0 Å². The maximum atomic E-state index is 12.2. The Hall–Kier alpha value is -0.950.